The molecule has 24 heavy (non-hydrogen) atoms. The lowest BCUT2D eigenvalue weighted by Gasteiger charge is -2.10. The van der Waals surface area contributed by atoms with Gasteiger partial charge in [-0.3, -0.25) is 10.2 Å². The minimum atomic E-state index is -0.821. The van der Waals surface area contributed by atoms with E-state index in [-0.39, 0.29) is 22.5 Å². The summed E-state index contributed by atoms with van der Waals surface area (Å²) < 4.78 is 28.2. The summed E-state index contributed by atoms with van der Waals surface area (Å²) in [6.45, 7) is 0.419. The molecule has 0 spiro atoms. The average molecular weight is 350 g/mol. The van der Waals surface area contributed by atoms with E-state index in [4.69, 9.17) is 11.1 Å². The normalized spacial score (nSPS) is 10.5. The monoisotopic (exact) mass is 350 g/mol. The summed E-state index contributed by atoms with van der Waals surface area (Å²) in [5.74, 6) is -1.15. The van der Waals surface area contributed by atoms with Gasteiger partial charge in [0.25, 0.3) is 5.91 Å². The molecule has 0 aliphatic carbocycles. The van der Waals surface area contributed by atoms with Crippen molar-refractivity contribution in [2.45, 2.75) is 0 Å². The van der Waals surface area contributed by atoms with E-state index in [0.29, 0.717) is 17.9 Å². The fraction of sp³-hybridized carbons (Fsp3) is 0.176. The Morgan fingerprint density at radius 1 is 1.29 bits per heavy atom. The molecule has 7 heteroatoms. The number of nitrogen functional groups attached to an aromatic ring is 1. The van der Waals surface area contributed by atoms with E-state index in [0.717, 1.165) is 0 Å². The number of carbonyl (C=O) groups excluding carboxylic acids is 1. The van der Waals surface area contributed by atoms with E-state index in [1.54, 1.807) is 17.8 Å². The first-order valence-corrected chi connectivity index (χ1v) is 8.59. The minimum absolute atomic E-state index is 0.0248. The van der Waals surface area contributed by atoms with Crippen LogP contribution in [0.25, 0.3) is 0 Å². The zero-order valence-electron chi connectivity index (χ0n) is 13.1. The summed E-state index contributed by atoms with van der Waals surface area (Å²) in [6.07, 6.45) is 1.91. The third-order valence-electron chi connectivity index (χ3n) is 3.42. The number of benzene rings is 2. The van der Waals surface area contributed by atoms with Gasteiger partial charge in [0.1, 0.15) is 11.4 Å². The molecule has 0 radical (unpaired) electrons. The highest BCUT2D eigenvalue weighted by Gasteiger charge is 2.24. The molecule has 0 heterocycles. The molecule has 126 valence electrons. The molecule has 2 aromatic rings. The van der Waals surface area contributed by atoms with Crippen molar-refractivity contribution in [1.29, 1.82) is 0 Å². The van der Waals surface area contributed by atoms with E-state index in [1.807, 2.05) is 6.26 Å². The number of anilines is 1. The highest BCUT2D eigenvalue weighted by molar-refractivity contribution is 7.98. The molecule has 1 amide bonds. The molecule has 0 aliphatic rings. The molecule has 0 bridgehead atoms. The number of carbonyl (C=O) groups is 1. The first-order chi connectivity index (χ1) is 11.5. The summed E-state index contributed by atoms with van der Waals surface area (Å²) in [7, 11) is 0. The maximum Gasteiger partial charge on any atom is 0.254 e. The van der Waals surface area contributed by atoms with Crippen molar-refractivity contribution in [3.63, 3.8) is 0 Å². The molecule has 0 saturated carbocycles. The fourth-order valence-electron chi connectivity index (χ4n) is 2.20. The van der Waals surface area contributed by atoms with Crippen molar-refractivity contribution in [1.82, 2.24) is 5.32 Å². The number of hydrogen-bond acceptors (Lipinski definition) is 3. The van der Waals surface area contributed by atoms with Crippen molar-refractivity contribution in [3.05, 3.63) is 64.7 Å². The van der Waals surface area contributed by atoms with Crippen LogP contribution < -0.4 is 16.5 Å². The fourth-order valence-corrected chi connectivity index (χ4v) is 2.51. The van der Waals surface area contributed by atoms with Crippen LogP contribution in [0.15, 0.2) is 36.4 Å². The summed E-state index contributed by atoms with van der Waals surface area (Å²) in [4.78, 5) is 12.1. The number of amides is 1. The van der Waals surface area contributed by atoms with Crippen LogP contribution in [0.1, 0.15) is 21.5 Å². The van der Waals surface area contributed by atoms with Gasteiger partial charge in [0.15, 0.2) is 5.82 Å². The lowest BCUT2D eigenvalue weighted by Crippen LogP contribution is -2.42. The summed E-state index contributed by atoms with van der Waals surface area (Å²) in [5.41, 5.74) is 5.91. The second kappa shape index (κ2) is 7.92. The number of rotatable bonds is 6. The first kappa shape index (κ1) is 17.9. The van der Waals surface area contributed by atoms with Crippen LogP contribution in [0.3, 0.4) is 0 Å². The minimum Gasteiger partial charge on any atom is -0.398 e. The van der Waals surface area contributed by atoms with Gasteiger partial charge in [0, 0.05) is 23.5 Å². The predicted octanol–water partition coefficient (Wildman–Crippen LogP) is 1.24. The van der Waals surface area contributed by atoms with Crippen LogP contribution in [-0.2, 0) is 0 Å². The third kappa shape index (κ3) is 3.91. The largest absolute Gasteiger partial charge is 0.398 e. The summed E-state index contributed by atoms with van der Waals surface area (Å²) in [5, 5.41) is 8.60. The molecular weight excluding hydrogens is 332 g/mol. The summed E-state index contributed by atoms with van der Waals surface area (Å²) >= 11 is 1.56. The van der Waals surface area contributed by atoms with Crippen LogP contribution in [0.5, 0.6) is 0 Å². The van der Waals surface area contributed by atoms with Gasteiger partial charge in [-0.1, -0.05) is 6.07 Å². The van der Waals surface area contributed by atoms with E-state index < -0.39 is 17.5 Å². The molecule has 0 saturated heterocycles. The maximum absolute atomic E-state index is 14.8. The highest BCUT2D eigenvalue weighted by atomic mass is 32.2. The number of halogens is 2. The van der Waals surface area contributed by atoms with Crippen molar-refractivity contribution in [3.8, 4) is 0 Å². The zero-order chi connectivity index (χ0) is 17.7. The lowest BCUT2D eigenvalue weighted by molar-refractivity contribution is -0.111. The Morgan fingerprint density at radius 2 is 2.04 bits per heavy atom. The number of nitrogens with two attached hydrogens (primary N) is 2. The number of nitrogens with one attached hydrogen (secondary N) is 1. The van der Waals surface area contributed by atoms with Gasteiger partial charge >= 0.3 is 0 Å². The topological polar surface area (TPSA) is 80.7 Å². The van der Waals surface area contributed by atoms with E-state index in [9.17, 15) is 13.6 Å². The molecule has 0 unspecified atom stereocenters. The second-order valence-electron chi connectivity index (χ2n) is 5.06. The molecule has 2 rings (SSSR count). The van der Waals surface area contributed by atoms with Crippen molar-refractivity contribution >= 4 is 29.1 Å². The van der Waals surface area contributed by atoms with Gasteiger partial charge in [-0.2, -0.15) is 11.8 Å². The maximum atomic E-state index is 14.8. The Balaban J connectivity index is 2.38. The number of thioether (sulfide) groups is 1. The van der Waals surface area contributed by atoms with Gasteiger partial charge < -0.3 is 11.1 Å². The van der Waals surface area contributed by atoms with E-state index in [2.05, 4.69) is 5.32 Å². The predicted molar refractivity (Wildman–Crippen MR) is 93.1 cm³/mol. The van der Waals surface area contributed by atoms with E-state index in [1.165, 1.54) is 30.3 Å². The number of hydrogen-bond donors (Lipinski definition) is 3. The van der Waals surface area contributed by atoms with Gasteiger partial charge in [-0.15, -0.1) is 0 Å². The summed E-state index contributed by atoms with van der Waals surface area (Å²) in [6, 6.07) is 8.16. The van der Waals surface area contributed by atoms with Gasteiger partial charge in [-0.25, -0.2) is 8.78 Å². The van der Waals surface area contributed by atoms with E-state index >= 15 is 0 Å². The van der Waals surface area contributed by atoms with Crippen LogP contribution in [-0.4, -0.2) is 30.2 Å². The zero-order valence-corrected chi connectivity index (χ0v) is 13.9. The Kier molecular flexibility index (Phi) is 5.92. The third-order valence-corrected chi connectivity index (χ3v) is 4.03. The van der Waals surface area contributed by atoms with Crippen molar-refractivity contribution in [2.24, 2.45) is 0 Å². The molecule has 4 nitrogen and oxygen atoms in total. The quantitative estimate of drug-likeness (QED) is 0.416. The van der Waals surface area contributed by atoms with Gasteiger partial charge in [0.05, 0.1) is 5.56 Å². The lowest BCUT2D eigenvalue weighted by atomic mass is 9.97. The SMILES string of the molecule is CSCCNC(=O)c1ccc(N)c(C(=[NH2+])c2cccc(F)c2)c1F. The van der Waals surface area contributed by atoms with Crippen molar-refractivity contribution < 1.29 is 19.0 Å². The Labute approximate surface area is 143 Å². The Hall–Kier alpha value is -2.41. The standard InChI is InChI=1S/C17H17F2N3OS/c1-24-8-7-22-17(23)12-5-6-13(20)14(15(12)19)16(21)10-3-2-4-11(18)9-10/h2-6,9,21H,7-8,20H2,1H3,(H,22,23)/p+1. The smallest absolute Gasteiger partial charge is 0.254 e. The van der Waals surface area contributed by atoms with Crippen LogP contribution >= 0.6 is 11.8 Å². The van der Waals surface area contributed by atoms with Crippen LogP contribution in [0, 0.1) is 11.6 Å². The Bertz CT molecular complexity index is 780. The molecule has 2 aromatic carbocycles. The molecule has 5 N–H and O–H groups in total. The molecule has 0 atom stereocenters. The van der Waals surface area contributed by atoms with Gasteiger partial charge in [-0.05, 0) is 36.6 Å². The van der Waals surface area contributed by atoms with Crippen LogP contribution in [0.4, 0.5) is 14.5 Å². The first-order valence-electron chi connectivity index (χ1n) is 7.19. The molecule has 0 fully saturated rings. The highest BCUT2D eigenvalue weighted by Crippen LogP contribution is 2.22. The van der Waals surface area contributed by atoms with Crippen LogP contribution in [0.2, 0.25) is 0 Å². The Morgan fingerprint density at radius 3 is 2.71 bits per heavy atom. The molecule has 0 aromatic heterocycles. The molecular formula is C17H18F2N3OS+. The molecule has 0 aliphatic heterocycles. The second-order valence-corrected chi connectivity index (χ2v) is 6.05. The van der Waals surface area contributed by atoms with Gasteiger partial charge in [0.2, 0.25) is 5.71 Å². The van der Waals surface area contributed by atoms with Crippen molar-refractivity contribution in [2.75, 3.05) is 24.3 Å². The average Bonchev–Trinajstić information content (AvgIpc) is 2.55.